The molecule has 0 radical (unpaired) electrons. The highest BCUT2D eigenvalue weighted by molar-refractivity contribution is 5.97. The van der Waals surface area contributed by atoms with Gasteiger partial charge in [0.05, 0.1) is 12.2 Å². The Morgan fingerprint density at radius 3 is 2.65 bits per heavy atom. The van der Waals surface area contributed by atoms with Crippen molar-refractivity contribution in [3.05, 3.63) is 53.8 Å². The van der Waals surface area contributed by atoms with Crippen molar-refractivity contribution in [1.82, 2.24) is 0 Å². The SMILES string of the molecule is CC1=COC(/C=C/c2ccccc2)C(C)C1=O. The van der Waals surface area contributed by atoms with Gasteiger partial charge in [0.25, 0.3) is 0 Å². The normalized spacial score (nSPS) is 24.6. The quantitative estimate of drug-likeness (QED) is 0.777. The summed E-state index contributed by atoms with van der Waals surface area (Å²) in [5.74, 6) is 0.0546. The summed E-state index contributed by atoms with van der Waals surface area (Å²) in [6.45, 7) is 3.69. The number of rotatable bonds is 2. The van der Waals surface area contributed by atoms with Crippen LogP contribution in [-0.2, 0) is 9.53 Å². The van der Waals surface area contributed by atoms with E-state index in [9.17, 15) is 4.79 Å². The van der Waals surface area contributed by atoms with Crippen molar-refractivity contribution < 1.29 is 9.53 Å². The second-order valence-electron chi connectivity index (χ2n) is 4.32. The Morgan fingerprint density at radius 2 is 1.94 bits per heavy atom. The van der Waals surface area contributed by atoms with Crippen LogP contribution in [0.25, 0.3) is 6.08 Å². The van der Waals surface area contributed by atoms with Crippen LogP contribution in [0.5, 0.6) is 0 Å². The molecule has 0 amide bonds. The Bertz CT molecular complexity index is 457. The number of ether oxygens (including phenoxy) is 1. The summed E-state index contributed by atoms with van der Waals surface area (Å²) < 4.78 is 5.52. The summed E-state index contributed by atoms with van der Waals surface area (Å²) in [5, 5.41) is 0. The monoisotopic (exact) mass is 228 g/mol. The van der Waals surface area contributed by atoms with Crippen LogP contribution in [-0.4, -0.2) is 11.9 Å². The van der Waals surface area contributed by atoms with E-state index in [1.54, 1.807) is 13.2 Å². The van der Waals surface area contributed by atoms with Gasteiger partial charge in [0.15, 0.2) is 5.78 Å². The van der Waals surface area contributed by atoms with E-state index in [2.05, 4.69) is 0 Å². The fourth-order valence-corrected chi connectivity index (χ4v) is 1.85. The molecule has 1 aliphatic rings. The van der Waals surface area contributed by atoms with E-state index >= 15 is 0 Å². The highest BCUT2D eigenvalue weighted by atomic mass is 16.5. The van der Waals surface area contributed by atoms with Crippen molar-refractivity contribution >= 4 is 11.9 Å². The summed E-state index contributed by atoms with van der Waals surface area (Å²) in [4.78, 5) is 11.8. The Morgan fingerprint density at radius 1 is 1.24 bits per heavy atom. The van der Waals surface area contributed by atoms with Crippen LogP contribution in [0.2, 0.25) is 0 Å². The van der Waals surface area contributed by atoms with Crippen LogP contribution >= 0.6 is 0 Å². The maximum atomic E-state index is 11.8. The zero-order valence-corrected chi connectivity index (χ0v) is 10.1. The highest BCUT2D eigenvalue weighted by Gasteiger charge is 2.27. The van der Waals surface area contributed by atoms with Crippen molar-refractivity contribution in [3.63, 3.8) is 0 Å². The molecule has 17 heavy (non-hydrogen) atoms. The topological polar surface area (TPSA) is 26.3 Å². The van der Waals surface area contributed by atoms with Crippen LogP contribution in [0.4, 0.5) is 0 Å². The second kappa shape index (κ2) is 5.00. The predicted octanol–water partition coefficient (Wildman–Crippen LogP) is 3.21. The summed E-state index contributed by atoms with van der Waals surface area (Å²) in [6.07, 6.45) is 5.33. The minimum absolute atomic E-state index is 0.111. The number of benzene rings is 1. The van der Waals surface area contributed by atoms with Gasteiger partial charge < -0.3 is 4.74 Å². The molecule has 2 heteroatoms. The maximum Gasteiger partial charge on any atom is 0.168 e. The lowest BCUT2D eigenvalue weighted by molar-refractivity contribution is -0.122. The number of Topliss-reactive ketones (excluding diaryl/α,β-unsaturated/α-hetero) is 1. The van der Waals surface area contributed by atoms with Gasteiger partial charge in [-0.1, -0.05) is 43.3 Å². The standard InChI is InChI=1S/C15H16O2/c1-11-10-17-14(12(2)15(11)16)9-8-13-6-4-3-5-7-13/h3-10,12,14H,1-2H3/b9-8+. The van der Waals surface area contributed by atoms with Crippen LogP contribution in [0.15, 0.2) is 48.2 Å². The molecule has 0 spiro atoms. The van der Waals surface area contributed by atoms with Crippen molar-refractivity contribution in [2.75, 3.05) is 0 Å². The van der Waals surface area contributed by atoms with E-state index in [0.717, 1.165) is 5.56 Å². The average molecular weight is 228 g/mol. The lowest BCUT2D eigenvalue weighted by Crippen LogP contribution is -2.30. The van der Waals surface area contributed by atoms with Crippen molar-refractivity contribution in [3.8, 4) is 0 Å². The van der Waals surface area contributed by atoms with Gasteiger partial charge >= 0.3 is 0 Å². The Hall–Kier alpha value is -1.83. The number of carbonyl (C=O) groups is 1. The molecule has 0 fully saturated rings. The fraction of sp³-hybridized carbons (Fsp3) is 0.267. The maximum absolute atomic E-state index is 11.8. The van der Waals surface area contributed by atoms with Gasteiger partial charge in [-0.3, -0.25) is 4.79 Å². The second-order valence-corrected chi connectivity index (χ2v) is 4.32. The third kappa shape index (κ3) is 2.64. The molecule has 2 rings (SSSR count). The molecule has 0 saturated carbocycles. The molecule has 2 unspecified atom stereocenters. The van der Waals surface area contributed by atoms with Gasteiger partial charge in [0, 0.05) is 5.57 Å². The van der Waals surface area contributed by atoms with Gasteiger partial charge in [0.2, 0.25) is 0 Å². The van der Waals surface area contributed by atoms with Gasteiger partial charge in [-0.05, 0) is 18.6 Å². The molecule has 0 saturated heterocycles. The first-order valence-electron chi connectivity index (χ1n) is 5.78. The first-order chi connectivity index (χ1) is 8.18. The van der Waals surface area contributed by atoms with Crippen LogP contribution in [0, 0.1) is 5.92 Å². The smallest absolute Gasteiger partial charge is 0.168 e. The molecular weight excluding hydrogens is 212 g/mol. The lowest BCUT2D eigenvalue weighted by Gasteiger charge is -2.24. The summed E-state index contributed by atoms with van der Waals surface area (Å²) in [7, 11) is 0. The fourth-order valence-electron chi connectivity index (χ4n) is 1.85. The van der Waals surface area contributed by atoms with Crippen LogP contribution in [0.1, 0.15) is 19.4 Å². The van der Waals surface area contributed by atoms with Crippen LogP contribution < -0.4 is 0 Å². The minimum atomic E-state index is -0.161. The van der Waals surface area contributed by atoms with Gasteiger partial charge in [0.1, 0.15) is 6.10 Å². The van der Waals surface area contributed by atoms with E-state index < -0.39 is 0 Å². The highest BCUT2D eigenvalue weighted by Crippen LogP contribution is 2.21. The van der Waals surface area contributed by atoms with E-state index in [1.807, 2.05) is 49.4 Å². The zero-order chi connectivity index (χ0) is 12.3. The molecule has 1 aliphatic heterocycles. The predicted molar refractivity (Wildman–Crippen MR) is 68.3 cm³/mol. The molecule has 0 aromatic heterocycles. The van der Waals surface area contributed by atoms with Gasteiger partial charge in [-0.15, -0.1) is 0 Å². The van der Waals surface area contributed by atoms with Gasteiger partial charge in [-0.25, -0.2) is 0 Å². The number of ketones is 1. The van der Waals surface area contributed by atoms with E-state index in [0.29, 0.717) is 5.57 Å². The molecule has 1 aromatic rings. The van der Waals surface area contributed by atoms with Crippen molar-refractivity contribution in [1.29, 1.82) is 0 Å². The third-order valence-corrected chi connectivity index (χ3v) is 2.97. The molecule has 2 nitrogen and oxygen atoms in total. The first kappa shape index (κ1) is 11.6. The Balaban J connectivity index is 2.10. The third-order valence-electron chi connectivity index (χ3n) is 2.97. The zero-order valence-electron chi connectivity index (χ0n) is 10.1. The molecule has 0 N–H and O–H groups in total. The first-order valence-corrected chi connectivity index (χ1v) is 5.78. The molecule has 88 valence electrons. The molecule has 0 bridgehead atoms. The van der Waals surface area contributed by atoms with Crippen molar-refractivity contribution in [2.24, 2.45) is 5.92 Å². The Labute approximate surface area is 102 Å². The number of hydrogen-bond acceptors (Lipinski definition) is 2. The summed E-state index contributed by atoms with van der Waals surface area (Å²) in [5.41, 5.74) is 1.81. The largest absolute Gasteiger partial charge is 0.493 e. The summed E-state index contributed by atoms with van der Waals surface area (Å²) in [6, 6.07) is 9.99. The summed E-state index contributed by atoms with van der Waals surface area (Å²) >= 11 is 0. The van der Waals surface area contributed by atoms with Crippen molar-refractivity contribution in [2.45, 2.75) is 20.0 Å². The average Bonchev–Trinajstić information content (AvgIpc) is 2.36. The minimum Gasteiger partial charge on any atom is -0.493 e. The van der Waals surface area contributed by atoms with E-state index in [-0.39, 0.29) is 17.8 Å². The number of allylic oxidation sites excluding steroid dienone is 1. The number of hydrogen-bond donors (Lipinski definition) is 0. The Kier molecular flexibility index (Phi) is 3.43. The molecule has 1 aromatic carbocycles. The van der Waals surface area contributed by atoms with Crippen LogP contribution in [0.3, 0.4) is 0 Å². The number of carbonyl (C=O) groups excluding carboxylic acids is 1. The van der Waals surface area contributed by atoms with Gasteiger partial charge in [-0.2, -0.15) is 0 Å². The molecule has 1 heterocycles. The molecule has 2 atom stereocenters. The molecule has 0 aliphatic carbocycles. The lowest BCUT2D eigenvalue weighted by atomic mass is 9.93. The van der Waals surface area contributed by atoms with E-state index in [4.69, 9.17) is 4.74 Å². The molecular formula is C15H16O2. The van der Waals surface area contributed by atoms with E-state index in [1.165, 1.54) is 0 Å².